The summed E-state index contributed by atoms with van der Waals surface area (Å²) in [6.45, 7) is 6.42. The van der Waals surface area contributed by atoms with Gasteiger partial charge in [-0.25, -0.2) is 0 Å². The third-order valence-corrected chi connectivity index (χ3v) is 5.71. The standard InChI is InChI=1S/C23H25Cl2NO4/c1-14(2)10-11-30-17-6-4-16(5-7-17)13-26-21-19(25)9-8-18(24)20(21)23(29,22(26)28)12-15(3)27/h4-9,14,29H,10-13H2,1-3H3. The van der Waals surface area contributed by atoms with E-state index in [2.05, 4.69) is 13.8 Å². The van der Waals surface area contributed by atoms with Gasteiger partial charge in [0.1, 0.15) is 11.5 Å². The molecule has 1 unspecified atom stereocenters. The van der Waals surface area contributed by atoms with Crippen molar-refractivity contribution < 1.29 is 19.4 Å². The molecule has 2 aromatic rings. The summed E-state index contributed by atoms with van der Waals surface area (Å²) in [5.41, 5.74) is -0.669. The van der Waals surface area contributed by atoms with Crippen LogP contribution in [-0.4, -0.2) is 23.4 Å². The SMILES string of the molecule is CC(=O)CC1(O)C(=O)N(Cc2ccc(OCCC(C)C)cc2)c2c(Cl)ccc(Cl)c21. The van der Waals surface area contributed by atoms with Crippen molar-refractivity contribution in [3.63, 3.8) is 0 Å². The monoisotopic (exact) mass is 449 g/mol. The molecule has 0 fully saturated rings. The molecular formula is C23H25Cl2NO4. The van der Waals surface area contributed by atoms with Crippen molar-refractivity contribution >= 4 is 40.6 Å². The lowest BCUT2D eigenvalue weighted by Gasteiger charge is -2.22. The van der Waals surface area contributed by atoms with E-state index in [9.17, 15) is 14.7 Å². The maximum absolute atomic E-state index is 13.2. The normalized spacial score (nSPS) is 18.1. The number of rotatable bonds is 8. The van der Waals surface area contributed by atoms with Crippen molar-refractivity contribution in [1.29, 1.82) is 0 Å². The Labute approximate surface area is 186 Å². The molecule has 1 aliphatic heterocycles. The smallest absolute Gasteiger partial charge is 0.264 e. The molecule has 1 atom stereocenters. The zero-order valence-electron chi connectivity index (χ0n) is 17.2. The zero-order chi connectivity index (χ0) is 22.1. The number of carbonyl (C=O) groups is 2. The highest BCUT2D eigenvalue weighted by Gasteiger charge is 2.52. The van der Waals surface area contributed by atoms with Gasteiger partial charge >= 0.3 is 0 Å². The van der Waals surface area contributed by atoms with E-state index in [-0.39, 0.29) is 34.4 Å². The molecule has 1 heterocycles. The minimum Gasteiger partial charge on any atom is -0.494 e. The highest BCUT2D eigenvalue weighted by atomic mass is 35.5. The lowest BCUT2D eigenvalue weighted by molar-refractivity contribution is -0.141. The summed E-state index contributed by atoms with van der Waals surface area (Å²) in [4.78, 5) is 26.3. The topological polar surface area (TPSA) is 66.8 Å². The van der Waals surface area contributed by atoms with E-state index in [4.69, 9.17) is 27.9 Å². The number of carbonyl (C=O) groups excluding carboxylic acids is 2. The van der Waals surface area contributed by atoms with Crippen molar-refractivity contribution in [2.24, 2.45) is 5.92 Å². The second-order valence-electron chi connectivity index (χ2n) is 8.06. The minimum atomic E-state index is -2.02. The second kappa shape index (κ2) is 8.96. The zero-order valence-corrected chi connectivity index (χ0v) is 18.8. The first-order valence-corrected chi connectivity index (χ1v) is 10.6. The number of amides is 1. The highest BCUT2D eigenvalue weighted by molar-refractivity contribution is 6.38. The fourth-order valence-electron chi connectivity index (χ4n) is 3.59. The number of aliphatic hydroxyl groups is 1. The molecule has 0 saturated heterocycles. The quantitative estimate of drug-likeness (QED) is 0.606. The van der Waals surface area contributed by atoms with Crippen LogP contribution in [0.2, 0.25) is 10.0 Å². The van der Waals surface area contributed by atoms with Gasteiger partial charge in [-0.1, -0.05) is 49.2 Å². The molecule has 7 heteroatoms. The summed E-state index contributed by atoms with van der Waals surface area (Å²) in [5, 5.41) is 11.6. The predicted octanol–water partition coefficient (Wildman–Crippen LogP) is 5.13. The Balaban J connectivity index is 1.87. The van der Waals surface area contributed by atoms with Crippen LogP contribution in [0.5, 0.6) is 5.75 Å². The molecule has 1 amide bonds. The van der Waals surface area contributed by atoms with Gasteiger partial charge in [-0.15, -0.1) is 0 Å². The fourth-order valence-corrected chi connectivity index (χ4v) is 4.16. The Morgan fingerprint density at radius 2 is 1.77 bits per heavy atom. The van der Waals surface area contributed by atoms with Gasteiger partial charge in [0.15, 0.2) is 5.60 Å². The molecule has 1 aliphatic rings. The van der Waals surface area contributed by atoms with Gasteiger partial charge in [0.05, 0.1) is 23.9 Å². The van der Waals surface area contributed by atoms with Gasteiger partial charge in [-0.05, 0) is 49.1 Å². The van der Waals surface area contributed by atoms with Crippen molar-refractivity contribution in [2.75, 3.05) is 11.5 Å². The Kier molecular flexibility index (Phi) is 6.75. The lowest BCUT2D eigenvalue weighted by Crippen LogP contribution is -2.41. The highest BCUT2D eigenvalue weighted by Crippen LogP contribution is 2.50. The number of anilines is 1. The molecule has 30 heavy (non-hydrogen) atoms. The van der Waals surface area contributed by atoms with Gasteiger partial charge in [0, 0.05) is 17.0 Å². The van der Waals surface area contributed by atoms with E-state index in [1.165, 1.54) is 17.9 Å². The van der Waals surface area contributed by atoms with Crippen molar-refractivity contribution in [2.45, 2.75) is 45.8 Å². The van der Waals surface area contributed by atoms with Crippen LogP contribution in [-0.2, 0) is 21.7 Å². The van der Waals surface area contributed by atoms with Gasteiger partial charge in [0.25, 0.3) is 5.91 Å². The molecule has 1 N–H and O–H groups in total. The summed E-state index contributed by atoms with van der Waals surface area (Å²) < 4.78 is 5.73. The summed E-state index contributed by atoms with van der Waals surface area (Å²) in [7, 11) is 0. The Morgan fingerprint density at radius 3 is 2.37 bits per heavy atom. The lowest BCUT2D eigenvalue weighted by atomic mass is 9.90. The number of ether oxygens (including phenoxy) is 1. The summed E-state index contributed by atoms with van der Waals surface area (Å²) in [6, 6.07) is 10.5. The Bertz CT molecular complexity index is 958. The number of ketones is 1. The van der Waals surface area contributed by atoms with Crippen LogP contribution >= 0.6 is 23.2 Å². The van der Waals surface area contributed by atoms with E-state index in [1.807, 2.05) is 24.3 Å². The van der Waals surface area contributed by atoms with Crippen molar-refractivity contribution in [3.05, 3.63) is 57.6 Å². The first-order chi connectivity index (χ1) is 14.1. The third-order valence-electron chi connectivity index (χ3n) is 5.09. The van der Waals surface area contributed by atoms with E-state index in [1.54, 1.807) is 6.07 Å². The van der Waals surface area contributed by atoms with Crippen molar-refractivity contribution in [1.82, 2.24) is 0 Å². The van der Waals surface area contributed by atoms with Crippen LogP contribution < -0.4 is 9.64 Å². The van der Waals surface area contributed by atoms with Crippen LogP contribution in [0.3, 0.4) is 0 Å². The average Bonchev–Trinajstić information content (AvgIpc) is 2.88. The summed E-state index contributed by atoms with van der Waals surface area (Å²) >= 11 is 12.7. The molecule has 0 spiro atoms. The first kappa shape index (κ1) is 22.6. The predicted molar refractivity (Wildman–Crippen MR) is 118 cm³/mol. The van der Waals surface area contributed by atoms with Gasteiger partial charge in [-0.2, -0.15) is 0 Å². The van der Waals surface area contributed by atoms with Crippen LogP contribution in [0, 0.1) is 5.92 Å². The van der Waals surface area contributed by atoms with Crippen LogP contribution in [0.25, 0.3) is 0 Å². The van der Waals surface area contributed by atoms with E-state index >= 15 is 0 Å². The maximum Gasteiger partial charge on any atom is 0.264 e. The van der Waals surface area contributed by atoms with Crippen molar-refractivity contribution in [3.8, 4) is 5.75 Å². The molecule has 160 valence electrons. The van der Waals surface area contributed by atoms with Crippen LogP contribution in [0.15, 0.2) is 36.4 Å². The summed E-state index contributed by atoms with van der Waals surface area (Å²) in [5.74, 6) is 0.384. The molecular weight excluding hydrogens is 425 g/mol. The second-order valence-corrected chi connectivity index (χ2v) is 8.87. The molecule has 0 radical (unpaired) electrons. The minimum absolute atomic E-state index is 0.179. The average molecular weight is 450 g/mol. The number of Topliss-reactive ketones (excluding diaryl/α,β-unsaturated/α-hetero) is 1. The van der Waals surface area contributed by atoms with E-state index in [0.29, 0.717) is 18.2 Å². The maximum atomic E-state index is 13.2. The number of fused-ring (bicyclic) bond motifs is 1. The van der Waals surface area contributed by atoms with E-state index < -0.39 is 11.5 Å². The molecule has 3 rings (SSSR count). The third kappa shape index (κ3) is 4.48. The number of nitrogens with zero attached hydrogens (tertiary/aromatic N) is 1. The Hall–Kier alpha value is -2.08. The van der Waals surface area contributed by atoms with E-state index in [0.717, 1.165) is 17.7 Å². The molecule has 0 saturated carbocycles. The molecule has 5 nitrogen and oxygen atoms in total. The van der Waals surface area contributed by atoms with Gasteiger partial charge in [-0.3, -0.25) is 9.59 Å². The van der Waals surface area contributed by atoms with Gasteiger partial charge in [0.2, 0.25) is 0 Å². The number of halogens is 2. The van der Waals surface area contributed by atoms with Crippen LogP contribution in [0.1, 0.15) is 44.7 Å². The largest absolute Gasteiger partial charge is 0.494 e. The number of hydrogen-bond acceptors (Lipinski definition) is 4. The molecule has 0 bridgehead atoms. The Morgan fingerprint density at radius 1 is 1.13 bits per heavy atom. The summed E-state index contributed by atoms with van der Waals surface area (Å²) in [6.07, 6.45) is 0.604. The van der Waals surface area contributed by atoms with Crippen LogP contribution in [0.4, 0.5) is 5.69 Å². The first-order valence-electron chi connectivity index (χ1n) is 9.87. The van der Waals surface area contributed by atoms with Gasteiger partial charge < -0.3 is 14.7 Å². The fraction of sp³-hybridized carbons (Fsp3) is 0.391. The molecule has 2 aromatic carbocycles. The molecule has 0 aromatic heterocycles. The number of benzene rings is 2. The number of hydrogen-bond donors (Lipinski definition) is 1. The molecule has 0 aliphatic carbocycles.